The van der Waals surface area contributed by atoms with Crippen LogP contribution in [-0.2, 0) is 13.6 Å². The number of aryl methyl sites for hydroxylation is 1. The van der Waals surface area contributed by atoms with Crippen LogP contribution in [0.2, 0.25) is 0 Å². The van der Waals surface area contributed by atoms with Crippen molar-refractivity contribution in [3.05, 3.63) is 35.9 Å². The molecule has 1 heterocycles. The van der Waals surface area contributed by atoms with Crippen LogP contribution < -0.4 is 15.8 Å². The molecule has 1 aromatic carbocycles. The van der Waals surface area contributed by atoms with E-state index in [1.54, 1.807) is 16.9 Å². The highest BCUT2D eigenvalue weighted by Gasteiger charge is 2.08. The molecule has 0 bridgehead atoms. The number of methoxy groups -OCH3 is 1. The number of benzene rings is 1. The number of aromatic nitrogens is 2. The zero-order valence-corrected chi connectivity index (χ0v) is 10.3. The molecule has 5 nitrogen and oxygen atoms in total. The Hall–Kier alpha value is -2.24. The largest absolute Gasteiger partial charge is 0.494 e. The first-order valence-corrected chi connectivity index (χ1v) is 5.45. The molecule has 96 valence electrons. The van der Waals surface area contributed by atoms with Crippen molar-refractivity contribution >= 4 is 11.4 Å². The van der Waals surface area contributed by atoms with Crippen molar-refractivity contribution in [3.8, 4) is 5.75 Å². The Bertz CT molecular complexity index is 553. The Morgan fingerprint density at radius 3 is 2.89 bits per heavy atom. The lowest BCUT2D eigenvalue weighted by atomic mass is 10.2. The molecule has 0 unspecified atom stereocenters. The van der Waals surface area contributed by atoms with Crippen LogP contribution in [0.3, 0.4) is 0 Å². The molecule has 0 fully saturated rings. The van der Waals surface area contributed by atoms with Crippen LogP contribution in [-0.4, -0.2) is 16.9 Å². The van der Waals surface area contributed by atoms with Crippen LogP contribution in [0.4, 0.5) is 15.8 Å². The average Bonchev–Trinajstić information content (AvgIpc) is 2.74. The zero-order valence-electron chi connectivity index (χ0n) is 10.3. The van der Waals surface area contributed by atoms with Gasteiger partial charge in [-0.1, -0.05) is 0 Å². The van der Waals surface area contributed by atoms with Gasteiger partial charge < -0.3 is 15.8 Å². The average molecular weight is 250 g/mol. The number of nitrogens with two attached hydrogens (primary N) is 1. The molecule has 0 aliphatic rings. The molecular weight excluding hydrogens is 235 g/mol. The summed E-state index contributed by atoms with van der Waals surface area (Å²) in [6.07, 6.45) is 1.71. The third kappa shape index (κ3) is 2.37. The maximum Gasteiger partial charge on any atom is 0.167 e. The quantitative estimate of drug-likeness (QED) is 0.811. The third-order valence-electron chi connectivity index (χ3n) is 2.71. The van der Waals surface area contributed by atoms with Crippen LogP contribution in [0, 0.1) is 5.82 Å². The van der Waals surface area contributed by atoms with E-state index in [9.17, 15) is 4.39 Å². The van der Waals surface area contributed by atoms with E-state index in [0.29, 0.717) is 17.9 Å². The summed E-state index contributed by atoms with van der Waals surface area (Å²) in [6.45, 7) is 0.551. The molecule has 0 atom stereocenters. The van der Waals surface area contributed by atoms with Crippen molar-refractivity contribution in [2.24, 2.45) is 7.05 Å². The summed E-state index contributed by atoms with van der Waals surface area (Å²) in [7, 11) is 3.27. The fraction of sp³-hybridized carbons (Fsp3) is 0.250. The van der Waals surface area contributed by atoms with E-state index in [2.05, 4.69) is 10.4 Å². The normalized spacial score (nSPS) is 10.4. The molecule has 18 heavy (non-hydrogen) atoms. The number of hydrogen-bond acceptors (Lipinski definition) is 4. The second-order valence-electron chi connectivity index (χ2n) is 3.87. The first-order chi connectivity index (χ1) is 8.61. The SMILES string of the molecule is COc1cc(NCc2ccnn2C)c(N)cc1F. The highest BCUT2D eigenvalue weighted by molar-refractivity contribution is 5.68. The van der Waals surface area contributed by atoms with Crippen molar-refractivity contribution in [2.75, 3.05) is 18.2 Å². The fourth-order valence-electron chi connectivity index (χ4n) is 1.64. The van der Waals surface area contributed by atoms with Crippen LogP contribution in [0.1, 0.15) is 5.69 Å². The van der Waals surface area contributed by atoms with E-state index in [1.807, 2.05) is 13.1 Å². The smallest absolute Gasteiger partial charge is 0.167 e. The number of rotatable bonds is 4. The van der Waals surface area contributed by atoms with Crippen LogP contribution in [0.5, 0.6) is 5.75 Å². The Kier molecular flexibility index (Phi) is 3.36. The molecule has 0 spiro atoms. The summed E-state index contributed by atoms with van der Waals surface area (Å²) in [5.41, 5.74) is 7.72. The molecule has 6 heteroatoms. The standard InChI is InChI=1S/C12H15FN4O/c1-17-8(3-4-16-17)7-15-11-6-12(18-2)9(13)5-10(11)14/h3-6,15H,7,14H2,1-2H3. The molecular formula is C12H15FN4O. The Morgan fingerprint density at radius 2 is 2.28 bits per heavy atom. The summed E-state index contributed by atoms with van der Waals surface area (Å²) in [6, 6.07) is 4.68. The molecule has 0 aliphatic heterocycles. The van der Waals surface area contributed by atoms with Gasteiger partial charge in [0.1, 0.15) is 0 Å². The predicted molar refractivity (Wildman–Crippen MR) is 67.9 cm³/mol. The minimum atomic E-state index is -0.471. The fourth-order valence-corrected chi connectivity index (χ4v) is 1.64. The van der Waals surface area contributed by atoms with Crippen molar-refractivity contribution in [1.82, 2.24) is 9.78 Å². The summed E-state index contributed by atoms with van der Waals surface area (Å²) < 4.78 is 20.0. The minimum Gasteiger partial charge on any atom is -0.494 e. The molecule has 3 N–H and O–H groups in total. The van der Waals surface area contributed by atoms with E-state index in [1.165, 1.54) is 13.2 Å². The van der Waals surface area contributed by atoms with Crippen LogP contribution in [0.25, 0.3) is 0 Å². The number of anilines is 2. The van der Waals surface area contributed by atoms with Crippen molar-refractivity contribution in [3.63, 3.8) is 0 Å². The third-order valence-corrected chi connectivity index (χ3v) is 2.71. The summed E-state index contributed by atoms with van der Waals surface area (Å²) in [5.74, 6) is -0.308. The Labute approximate surface area is 104 Å². The van der Waals surface area contributed by atoms with E-state index in [0.717, 1.165) is 5.69 Å². The second-order valence-corrected chi connectivity index (χ2v) is 3.87. The summed E-state index contributed by atoms with van der Waals surface area (Å²) in [4.78, 5) is 0. The highest BCUT2D eigenvalue weighted by Crippen LogP contribution is 2.28. The van der Waals surface area contributed by atoms with Crippen molar-refractivity contribution in [2.45, 2.75) is 6.54 Å². The highest BCUT2D eigenvalue weighted by atomic mass is 19.1. The van der Waals surface area contributed by atoms with Gasteiger partial charge in [-0.3, -0.25) is 4.68 Å². The van der Waals surface area contributed by atoms with Gasteiger partial charge in [0.2, 0.25) is 0 Å². The van der Waals surface area contributed by atoms with E-state index in [-0.39, 0.29) is 5.75 Å². The Morgan fingerprint density at radius 1 is 1.50 bits per heavy atom. The number of hydrogen-bond donors (Lipinski definition) is 2. The van der Waals surface area contributed by atoms with Gasteiger partial charge in [0, 0.05) is 25.4 Å². The number of nitrogen functional groups attached to an aromatic ring is 1. The van der Waals surface area contributed by atoms with Crippen LogP contribution in [0.15, 0.2) is 24.4 Å². The maximum absolute atomic E-state index is 13.4. The summed E-state index contributed by atoms with van der Waals surface area (Å²) >= 11 is 0. The number of nitrogens with one attached hydrogen (secondary N) is 1. The van der Waals surface area contributed by atoms with Crippen LogP contribution >= 0.6 is 0 Å². The maximum atomic E-state index is 13.4. The van der Waals surface area contributed by atoms with E-state index >= 15 is 0 Å². The molecule has 0 saturated carbocycles. The molecule has 0 aliphatic carbocycles. The van der Waals surface area contributed by atoms with Gasteiger partial charge in [-0.15, -0.1) is 0 Å². The zero-order chi connectivity index (χ0) is 13.1. The minimum absolute atomic E-state index is 0.164. The van der Waals surface area contributed by atoms with Gasteiger partial charge in [-0.25, -0.2) is 4.39 Å². The van der Waals surface area contributed by atoms with Crippen molar-refractivity contribution in [1.29, 1.82) is 0 Å². The monoisotopic (exact) mass is 250 g/mol. The molecule has 0 radical (unpaired) electrons. The van der Waals surface area contributed by atoms with Gasteiger partial charge >= 0.3 is 0 Å². The molecule has 1 aromatic heterocycles. The first-order valence-electron chi connectivity index (χ1n) is 5.45. The second kappa shape index (κ2) is 4.95. The van der Waals surface area contributed by atoms with Gasteiger partial charge in [0.25, 0.3) is 0 Å². The molecule has 2 aromatic rings. The Balaban J connectivity index is 2.16. The number of nitrogens with zero attached hydrogens (tertiary/aromatic N) is 2. The van der Waals surface area contributed by atoms with Gasteiger partial charge in [-0.05, 0) is 6.07 Å². The first kappa shape index (κ1) is 12.2. The van der Waals surface area contributed by atoms with Crippen molar-refractivity contribution < 1.29 is 9.13 Å². The molecule has 0 amide bonds. The lowest BCUT2D eigenvalue weighted by molar-refractivity contribution is 0.387. The summed E-state index contributed by atoms with van der Waals surface area (Å²) in [5, 5.41) is 7.19. The van der Waals surface area contributed by atoms with Gasteiger partial charge in [0.05, 0.1) is 30.7 Å². The van der Waals surface area contributed by atoms with Gasteiger partial charge in [0.15, 0.2) is 11.6 Å². The number of ether oxygens (including phenoxy) is 1. The predicted octanol–water partition coefficient (Wildman–Crippen LogP) is 1.76. The lowest BCUT2D eigenvalue weighted by Gasteiger charge is -2.11. The lowest BCUT2D eigenvalue weighted by Crippen LogP contribution is -2.07. The van der Waals surface area contributed by atoms with E-state index < -0.39 is 5.82 Å². The van der Waals surface area contributed by atoms with Gasteiger partial charge in [-0.2, -0.15) is 5.10 Å². The molecule has 2 rings (SSSR count). The molecule has 0 saturated heterocycles. The number of halogens is 1. The van der Waals surface area contributed by atoms with E-state index in [4.69, 9.17) is 10.5 Å². The topological polar surface area (TPSA) is 65.1 Å².